The van der Waals surface area contributed by atoms with Crippen molar-refractivity contribution in [1.82, 2.24) is 10.2 Å². The van der Waals surface area contributed by atoms with E-state index in [1.807, 2.05) is 30.3 Å². The number of nitrogens with zero attached hydrogens (tertiary/aromatic N) is 2. The van der Waals surface area contributed by atoms with Crippen LogP contribution in [-0.4, -0.2) is 21.7 Å². The van der Waals surface area contributed by atoms with E-state index >= 15 is 0 Å². The quantitative estimate of drug-likeness (QED) is 0.435. The lowest BCUT2D eigenvalue weighted by atomic mass is 10.1. The van der Waals surface area contributed by atoms with Crippen LogP contribution in [0.1, 0.15) is 34.0 Å². The van der Waals surface area contributed by atoms with Crippen molar-refractivity contribution < 1.29 is 4.79 Å². The summed E-state index contributed by atoms with van der Waals surface area (Å²) < 4.78 is 0.788. The van der Waals surface area contributed by atoms with Gasteiger partial charge >= 0.3 is 0 Å². The molecule has 6 heteroatoms. The molecule has 3 rings (SSSR count). The second-order valence-corrected chi connectivity index (χ2v) is 8.28. The number of ketones is 1. The van der Waals surface area contributed by atoms with Gasteiger partial charge in [-0.25, -0.2) is 0 Å². The van der Waals surface area contributed by atoms with Crippen LogP contribution in [0.4, 0.5) is 10.8 Å². The van der Waals surface area contributed by atoms with E-state index in [-0.39, 0.29) is 5.78 Å². The van der Waals surface area contributed by atoms with E-state index in [2.05, 4.69) is 48.4 Å². The van der Waals surface area contributed by atoms with E-state index < -0.39 is 0 Å². The number of Topliss-reactive ketones (excluding diaryl/α,β-unsaturated/α-hetero) is 1. The number of carbonyl (C=O) groups excluding carboxylic acids is 1. The van der Waals surface area contributed by atoms with Gasteiger partial charge in [-0.3, -0.25) is 4.79 Å². The summed E-state index contributed by atoms with van der Waals surface area (Å²) in [6.07, 6.45) is 0.976. The Kier molecular flexibility index (Phi) is 6.06. The fraction of sp³-hybridized carbons (Fsp3) is 0.250. The van der Waals surface area contributed by atoms with Gasteiger partial charge in [0.05, 0.1) is 5.75 Å². The lowest BCUT2D eigenvalue weighted by molar-refractivity contribution is 0.102. The fourth-order valence-electron chi connectivity index (χ4n) is 2.52. The third kappa shape index (κ3) is 4.71. The van der Waals surface area contributed by atoms with Crippen molar-refractivity contribution in [3.63, 3.8) is 0 Å². The number of aromatic nitrogens is 2. The number of benzene rings is 2. The van der Waals surface area contributed by atoms with Crippen LogP contribution in [0.25, 0.3) is 0 Å². The highest BCUT2D eigenvalue weighted by molar-refractivity contribution is 8.01. The summed E-state index contributed by atoms with van der Waals surface area (Å²) in [5, 5.41) is 12.4. The summed E-state index contributed by atoms with van der Waals surface area (Å²) in [5.74, 6) is 0.473. The minimum Gasteiger partial charge on any atom is -0.330 e. The van der Waals surface area contributed by atoms with E-state index in [4.69, 9.17) is 0 Å². The number of carbonyl (C=O) groups is 1. The van der Waals surface area contributed by atoms with Gasteiger partial charge in [-0.05, 0) is 37.5 Å². The Balaban J connectivity index is 1.58. The average Bonchev–Trinajstić information content (AvgIpc) is 3.09. The number of hydrogen-bond acceptors (Lipinski definition) is 6. The van der Waals surface area contributed by atoms with E-state index in [1.54, 1.807) is 0 Å². The van der Waals surface area contributed by atoms with E-state index in [0.29, 0.717) is 5.75 Å². The first-order valence-corrected chi connectivity index (χ1v) is 10.3. The Morgan fingerprint density at radius 2 is 1.88 bits per heavy atom. The van der Waals surface area contributed by atoms with Gasteiger partial charge in [-0.1, -0.05) is 72.0 Å². The molecule has 0 aliphatic rings. The standard InChI is InChI=1S/C20H21N3OS2/c1-4-15-6-8-16(9-7-15)18(24)12-25-20-23-22-19(26-20)21-17-10-5-13(2)11-14(17)3/h5-11H,4,12H2,1-3H3,(H,21,22). The van der Waals surface area contributed by atoms with Crippen molar-refractivity contribution in [2.45, 2.75) is 31.5 Å². The highest BCUT2D eigenvalue weighted by Gasteiger charge is 2.11. The summed E-state index contributed by atoms with van der Waals surface area (Å²) in [7, 11) is 0. The number of anilines is 2. The van der Waals surface area contributed by atoms with Crippen LogP contribution >= 0.6 is 23.1 Å². The van der Waals surface area contributed by atoms with Crippen LogP contribution < -0.4 is 5.32 Å². The van der Waals surface area contributed by atoms with Gasteiger partial charge in [0.25, 0.3) is 0 Å². The SMILES string of the molecule is CCc1ccc(C(=O)CSc2nnc(Nc3ccc(C)cc3C)s2)cc1. The molecule has 0 aliphatic heterocycles. The molecule has 0 fully saturated rings. The molecule has 4 nitrogen and oxygen atoms in total. The summed E-state index contributed by atoms with van der Waals surface area (Å²) in [6, 6.07) is 14.0. The zero-order valence-corrected chi connectivity index (χ0v) is 16.7. The third-order valence-corrected chi connectivity index (χ3v) is 6.01. The molecule has 0 atom stereocenters. The molecule has 0 saturated carbocycles. The van der Waals surface area contributed by atoms with E-state index in [1.165, 1.54) is 39.8 Å². The van der Waals surface area contributed by atoms with Crippen molar-refractivity contribution in [2.24, 2.45) is 0 Å². The Bertz CT molecular complexity index is 904. The number of nitrogens with one attached hydrogen (secondary N) is 1. The predicted molar refractivity (Wildman–Crippen MR) is 110 cm³/mol. The second-order valence-electron chi connectivity index (χ2n) is 6.08. The molecule has 0 unspecified atom stereocenters. The molecule has 134 valence electrons. The number of hydrogen-bond donors (Lipinski definition) is 1. The molecular formula is C20H21N3OS2. The van der Waals surface area contributed by atoms with Crippen molar-refractivity contribution >= 4 is 39.7 Å². The van der Waals surface area contributed by atoms with Crippen molar-refractivity contribution in [3.05, 3.63) is 64.7 Å². The monoisotopic (exact) mass is 383 g/mol. The Hall–Kier alpha value is -2.18. The lowest BCUT2D eigenvalue weighted by Gasteiger charge is -2.06. The molecule has 26 heavy (non-hydrogen) atoms. The molecular weight excluding hydrogens is 362 g/mol. The summed E-state index contributed by atoms with van der Waals surface area (Å²) >= 11 is 2.89. The van der Waals surface area contributed by atoms with Gasteiger partial charge in [0.2, 0.25) is 5.13 Å². The Morgan fingerprint density at radius 1 is 1.12 bits per heavy atom. The fourth-order valence-corrected chi connectivity index (χ4v) is 4.18. The molecule has 0 aliphatic carbocycles. The Morgan fingerprint density at radius 3 is 2.58 bits per heavy atom. The maximum atomic E-state index is 12.3. The predicted octanol–water partition coefficient (Wildman–Crippen LogP) is 5.44. The minimum absolute atomic E-state index is 0.108. The highest BCUT2D eigenvalue weighted by Crippen LogP contribution is 2.29. The van der Waals surface area contributed by atoms with Gasteiger partial charge < -0.3 is 5.32 Å². The largest absolute Gasteiger partial charge is 0.330 e. The molecule has 2 aromatic carbocycles. The van der Waals surface area contributed by atoms with Crippen molar-refractivity contribution in [3.8, 4) is 0 Å². The molecule has 1 N–H and O–H groups in total. The zero-order chi connectivity index (χ0) is 18.5. The van der Waals surface area contributed by atoms with Gasteiger partial charge in [-0.2, -0.15) is 0 Å². The van der Waals surface area contributed by atoms with Gasteiger partial charge in [0.1, 0.15) is 0 Å². The molecule has 1 aromatic heterocycles. The van der Waals surface area contributed by atoms with Crippen LogP contribution in [0, 0.1) is 13.8 Å². The van der Waals surface area contributed by atoms with Crippen LogP contribution in [0.15, 0.2) is 46.8 Å². The number of rotatable bonds is 7. The van der Waals surface area contributed by atoms with Crippen LogP contribution in [0.2, 0.25) is 0 Å². The molecule has 0 amide bonds. The summed E-state index contributed by atoms with van der Waals surface area (Å²) in [6.45, 7) is 6.24. The van der Waals surface area contributed by atoms with E-state index in [0.717, 1.165) is 27.1 Å². The van der Waals surface area contributed by atoms with Crippen LogP contribution in [0.5, 0.6) is 0 Å². The summed E-state index contributed by atoms with van der Waals surface area (Å²) in [5.41, 5.74) is 5.40. The molecule has 0 bridgehead atoms. The van der Waals surface area contributed by atoms with Crippen LogP contribution in [-0.2, 0) is 6.42 Å². The molecule has 3 aromatic rings. The lowest BCUT2D eigenvalue weighted by Crippen LogP contribution is -2.02. The first-order chi connectivity index (χ1) is 12.5. The van der Waals surface area contributed by atoms with Crippen LogP contribution in [0.3, 0.4) is 0 Å². The molecule has 0 radical (unpaired) electrons. The first kappa shape index (κ1) is 18.6. The van der Waals surface area contributed by atoms with Gasteiger partial charge in [0.15, 0.2) is 10.1 Å². The maximum Gasteiger partial charge on any atom is 0.210 e. The Labute approximate surface area is 162 Å². The topological polar surface area (TPSA) is 54.9 Å². The van der Waals surface area contributed by atoms with Crippen molar-refractivity contribution in [1.29, 1.82) is 0 Å². The first-order valence-electron chi connectivity index (χ1n) is 8.48. The molecule has 0 saturated heterocycles. The zero-order valence-electron chi connectivity index (χ0n) is 15.1. The normalized spacial score (nSPS) is 10.7. The highest BCUT2D eigenvalue weighted by atomic mass is 32.2. The van der Waals surface area contributed by atoms with E-state index in [9.17, 15) is 4.79 Å². The third-order valence-electron chi connectivity index (χ3n) is 4.04. The second kappa shape index (κ2) is 8.47. The number of aryl methyl sites for hydroxylation is 3. The van der Waals surface area contributed by atoms with Gasteiger partial charge in [-0.15, -0.1) is 10.2 Å². The maximum absolute atomic E-state index is 12.3. The molecule has 1 heterocycles. The summed E-state index contributed by atoms with van der Waals surface area (Å²) in [4.78, 5) is 12.3. The van der Waals surface area contributed by atoms with Gasteiger partial charge in [0, 0.05) is 11.3 Å². The van der Waals surface area contributed by atoms with Crippen molar-refractivity contribution in [2.75, 3.05) is 11.1 Å². The minimum atomic E-state index is 0.108. The number of thioether (sulfide) groups is 1. The molecule has 0 spiro atoms. The average molecular weight is 384 g/mol. The smallest absolute Gasteiger partial charge is 0.210 e.